The molecule has 1 unspecified atom stereocenters. The second-order valence-electron chi connectivity index (χ2n) is 4.26. The van der Waals surface area contributed by atoms with Gasteiger partial charge in [0.15, 0.2) is 6.10 Å². The van der Waals surface area contributed by atoms with E-state index in [1.54, 1.807) is 0 Å². The van der Waals surface area contributed by atoms with Crippen LogP contribution >= 0.6 is 0 Å². The summed E-state index contributed by atoms with van der Waals surface area (Å²) in [5.41, 5.74) is 0. The largest absolute Gasteiger partial charge is 0.394 e. The third-order valence-electron chi connectivity index (χ3n) is 2.44. The quantitative estimate of drug-likeness (QED) is 0.219. The van der Waals surface area contributed by atoms with E-state index in [9.17, 15) is 25.2 Å². The Balaban J connectivity index is 4.45. The molecule has 19 heavy (non-hydrogen) atoms. The SMILES string of the molecule is CC(O)CNC(=O)[C@H](O)[C@H](O)[C@H](O)[C@@H](O)[C@H](O)CO. The Bertz CT molecular complexity index is 274. The summed E-state index contributed by atoms with van der Waals surface area (Å²) >= 11 is 0. The van der Waals surface area contributed by atoms with Crippen LogP contribution in [0, 0.1) is 0 Å². The molecule has 9 nitrogen and oxygen atoms in total. The summed E-state index contributed by atoms with van der Waals surface area (Å²) in [5, 5.41) is 66.2. The first-order chi connectivity index (χ1) is 8.72. The number of hydrogen-bond donors (Lipinski definition) is 8. The lowest BCUT2D eigenvalue weighted by Gasteiger charge is -2.28. The van der Waals surface area contributed by atoms with Crippen LogP contribution in [0.4, 0.5) is 0 Å². The van der Waals surface area contributed by atoms with Crippen molar-refractivity contribution in [2.75, 3.05) is 13.2 Å². The molecule has 1 amide bonds. The van der Waals surface area contributed by atoms with E-state index in [-0.39, 0.29) is 6.54 Å². The van der Waals surface area contributed by atoms with E-state index in [1.807, 2.05) is 0 Å². The molecule has 0 aliphatic heterocycles. The van der Waals surface area contributed by atoms with Crippen LogP contribution < -0.4 is 5.32 Å². The molecular formula is C10H21NO8. The highest BCUT2D eigenvalue weighted by Crippen LogP contribution is 2.08. The van der Waals surface area contributed by atoms with Crippen molar-refractivity contribution in [3.8, 4) is 0 Å². The molecule has 0 rings (SSSR count). The monoisotopic (exact) mass is 283 g/mol. The van der Waals surface area contributed by atoms with Crippen LogP contribution in [0.2, 0.25) is 0 Å². The summed E-state index contributed by atoms with van der Waals surface area (Å²) in [6.07, 6.45) is -10.7. The van der Waals surface area contributed by atoms with Gasteiger partial charge in [0.25, 0.3) is 5.91 Å². The van der Waals surface area contributed by atoms with E-state index < -0.39 is 49.1 Å². The molecule has 6 atom stereocenters. The zero-order valence-electron chi connectivity index (χ0n) is 10.4. The standard InChI is InChI=1S/C10H21NO8/c1-4(13)2-11-10(19)9(18)8(17)7(16)6(15)5(14)3-12/h4-9,12-18H,2-3H2,1H3,(H,11,19)/t4?,5-,6+,7-,8-,9-/m1/s1. The molecule has 0 fully saturated rings. The average molecular weight is 283 g/mol. The number of aliphatic hydroxyl groups excluding tert-OH is 7. The van der Waals surface area contributed by atoms with Gasteiger partial charge in [-0.25, -0.2) is 0 Å². The first-order valence-electron chi connectivity index (χ1n) is 5.69. The second-order valence-corrected chi connectivity index (χ2v) is 4.26. The Labute approximate surface area is 109 Å². The Morgan fingerprint density at radius 2 is 1.53 bits per heavy atom. The molecule has 0 bridgehead atoms. The number of amides is 1. The van der Waals surface area contributed by atoms with Crippen LogP contribution in [-0.2, 0) is 4.79 Å². The fourth-order valence-corrected chi connectivity index (χ4v) is 1.23. The van der Waals surface area contributed by atoms with E-state index in [0.29, 0.717) is 0 Å². The van der Waals surface area contributed by atoms with Gasteiger partial charge in [-0.15, -0.1) is 0 Å². The number of carbonyl (C=O) groups excluding carboxylic acids is 1. The molecule has 0 aliphatic carbocycles. The van der Waals surface area contributed by atoms with Crippen LogP contribution in [0.25, 0.3) is 0 Å². The minimum absolute atomic E-state index is 0.166. The van der Waals surface area contributed by atoms with Gasteiger partial charge in [-0.3, -0.25) is 4.79 Å². The van der Waals surface area contributed by atoms with Crippen molar-refractivity contribution < 1.29 is 40.5 Å². The predicted octanol–water partition coefficient (Wildman–Crippen LogP) is -4.72. The molecule has 0 aromatic carbocycles. The van der Waals surface area contributed by atoms with Gasteiger partial charge in [-0.05, 0) is 6.92 Å². The molecular weight excluding hydrogens is 262 g/mol. The zero-order valence-corrected chi connectivity index (χ0v) is 10.4. The number of carbonyl (C=O) groups is 1. The van der Waals surface area contributed by atoms with Crippen LogP contribution in [0.3, 0.4) is 0 Å². The van der Waals surface area contributed by atoms with Gasteiger partial charge in [0.2, 0.25) is 0 Å². The molecule has 0 spiro atoms. The lowest BCUT2D eigenvalue weighted by molar-refractivity contribution is -0.157. The van der Waals surface area contributed by atoms with Gasteiger partial charge >= 0.3 is 0 Å². The highest BCUT2D eigenvalue weighted by Gasteiger charge is 2.36. The molecule has 0 aliphatic rings. The molecule has 0 aromatic rings. The van der Waals surface area contributed by atoms with Gasteiger partial charge in [-0.2, -0.15) is 0 Å². The fourth-order valence-electron chi connectivity index (χ4n) is 1.23. The number of rotatable bonds is 8. The molecule has 0 saturated heterocycles. The van der Waals surface area contributed by atoms with E-state index in [1.165, 1.54) is 6.92 Å². The van der Waals surface area contributed by atoms with Gasteiger partial charge in [-0.1, -0.05) is 0 Å². The Morgan fingerprint density at radius 1 is 1.00 bits per heavy atom. The highest BCUT2D eigenvalue weighted by atomic mass is 16.4. The lowest BCUT2D eigenvalue weighted by Crippen LogP contribution is -2.54. The minimum Gasteiger partial charge on any atom is -0.394 e. The molecule has 0 aromatic heterocycles. The van der Waals surface area contributed by atoms with E-state index in [0.717, 1.165) is 0 Å². The normalized spacial score (nSPS) is 21.1. The Morgan fingerprint density at radius 3 is 1.95 bits per heavy atom. The van der Waals surface area contributed by atoms with Crippen molar-refractivity contribution in [3.05, 3.63) is 0 Å². The van der Waals surface area contributed by atoms with Crippen molar-refractivity contribution in [3.63, 3.8) is 0 Å². The highest BCUT2D eigenvalue weighted by molar-refractivity contribution is 5.81. The average Bonchev–Trinajstić information content (AvgIpc) is 2.40. The van der Waals surface area contributed by atoms with Crippen molar-refractivity contribution in [2.24, 2.45) is 0 Å². The maximum absolute atomic E-state index is 11.3. The summed E-state index contributed by atoms with van der Waals surface area (Å²) in [7, 11) is 0. The first-order valence-corrected chi connectivity index (χ1v) is 5.69. The van der Waals surface area contributed by atoms with Crippen molar-refractivity contribution in [1.29, 1.82) is 0 Å². The second kappa shape index (κ2) is 8.38. The molecule has 114 valence electrons. The maximum atomic E-state index is 11.3. The third kappa shape index (κ3) is 5.78. The van der Waals surface area contributed by atoms with Gasteiger partial charge in [0.05, 0.1) is 12.7 Å². The summed E-state index contributed by atoms with van der Waals surface area (Å²) in [5.74, 6) is -1.06. The van der Waals surface area contributed by atoms with Crippen LogP contribution in [-0.4, -0.2) is 91.4 Å². The first kappa shape index (κ1) is 18.2. The lowest BCUT2D eigenvalue weighted by atomic mass is 9.99. The molecule has 8 N–H and O–H groups in total. The third-order valence-corrected chi connectivity index (χ3v) is 2.44. The van der Waals surface area contributed by atoms with Crippen LogP contribution in [0.5, 0.6) is 0 Å². The fraction of sp³-hybridized carbons (Fsp3) is 0.900. The number of hydrogen-bond acceptors (Lipinski definition) is 8. The van der Waals surface area contributed by atoms with Gasteiger partial charge in [0.1, 0.15) is 24.4 Å². The van der Waals surface area contributed by atoms with Gasteiger partial charge < -0.3 is 41.1 Å². The van der Waals surface area contributed by atoms with Crippen LogP contribution in [0.1, 0.15) is 6.92 Å². The van der Waals surface area contributed by atoms with Crippen molar-refractivity contribution in [1.82, 2.24) is 5.32 Å². The summed E-state index contributed by atoms with van der Waals surface area (Å²) in [4.78, 5) is 11.3. The Kier molecular flexibility index (Phi) is 8.02. The number of aliphatic hydroxyl groups is 7. The molecule has 0 saturated carbocycles. The Hall–Kier alpha value is -0.810. The van der Waals surface area contributed by atoms with Crippen molar-refractivity contribution in [2.45, 2.75) is 43.5 Å². The van der Waals surface area contributed by atoms with Crippen molar-refractivity contribution >= 4 is 5.91 Å². The summed E-state index contributed by atoms with van der Waals surface area (Å²) in [6.45, 7) is 0.356. The van der Waals surface area contributed by atoms with E-state index in [4.69, 9.17) is 15.3 Å². The predicted molar refractivity (Wildman–Crippen MR) is 61.8 cm³/mol. The molecule has 0 radical (unpaired) electrons. The summed E-state index contributed by atoms with van der Waals surface area (Å²) < 4.78 is 0. The zero-order chi connectivity index (χ0) is 15.2. The van der Waals surface area contributed by atoms with E-state index in [2.05, 4.69) is 5.32 Å². The smallest absolute Gasteiger partial charge is 0.251 e. The number of nitrogens with one attached hydrogen (secondary N) is 1. The summed E-state index contributed by atoms with van der Waals surface area (Å²) in [6, 6.07) is 0. The van der Waals surface area contributed by atoms with E-state index >= 15 is 0 Å². The molecule has 0 heterocycles. The maximum Gasteiger partial charge on any atom is 0.251 e. The van der Waals surface area contributed by atoms with Gasteiger partial charge in [0, 0.05) is 6.54 Å². The molecule has 9 heteroatoms. The topological polar surface area (TPSA) is 171 Å². The van der Waals surface area contributed by atoms with Crippen LogP contribution in [0.15, 0.2) is 0 Å². The minimum atomic E-state index is -2.06.